The standard InChI is InChI=1S/C12H19N3O4S/c1-9(8-14(2)3)13-11-6-5-10(20(4,18)19)7-12(11)15(16)17/h5-7,9,13H,8H2,1-4H3. The molecule has 0 heterocycles. The highest BCUT2D eigenvalue weighted by molar-refractivity contribution is 7.90. The Morgan fingerprint density at radius 2 is 2.00 bits per heavy atom. The monoisotopic (exact) mass is 301 g/mol. The summed E-state index contributed by atoms with van der Waals surface area (Å²) < 4.78 is 22.9. The van der Waals surface area contributed by atoms with Gasteiger partial charge < -0.3 is 10.2 Å². The molecule has 0 saturated heterocycles. The van der Waals surface area contributed by atoms with Gasteiger partial charge in [0.25, 0.3) is 5.69 Å². The molecule has 8 heteroatoms. The highest BCUT2D eigenvalue weighted by atomic mass is 32.2. The van der Waals surface area contributed by atoms with E-state index < -0.39 is 14.8 Å². The molecule has 7 nitrogen and oxygen atoms in total. The molecule has 0 aliphatic heterocycles. The minimum atomic E-state index is -3.46. The largest absolute Gasteiger partial charge is 0.376 e. The maximum atomic E-state index is 11.4. The van der Waals surface area contributed by atoms with Gasteiger partial charge in [0.05, 0.1) is 9.82 Å². The zero-order chi connectivity index (χ0) is 15.5. The van der Waals surface area contributed by atoms with E-state index in [1.165, 1.54) is 12.1 Å². The van der Waals surface area contributed by atoms with Crippen LogP contribution in [-0.4, -0.2) is 51.2 Å². The Balaban J connectivity index is 3.12. The second-order valence-electron chi connectivity index (χ2n) is 5.02. The minimum Gasteiger partial charge on any atom is -0.376 e. The normalized spacial score (nSPS) is 13.2. The van der Waals surface area contributed by atoms with Crippen LogP contribution >= 0.6 is 0 Å². The van der Waals surface area contributed by atoms with Crippen molar-refractivity contribution in [3.8, 4) is 0 Å². The Kier molecular flexibility index (Phi) is 5.07. The van der Waals surface area contributed by atoms with Gasteiger partial charge in [-0.2, -0.15) is 0 Å². The Morgan fingerprint density at radius 3 is 2.45 bits per heavy atom. The van der Waals surface area contributed by atoms with Crippen LogP contribution in [-0.2, 0) is 9.84 Å². The third-order valence-corrected chi connectivity index (χ3v) is 3.75. The van der Waals surface area contributed by atoms with E-state index in [-0.39, 0.29) is 16.6 Å². The van der Waals surface area contributed by atoms with Crippen molar-refractivity contribution in [3.05, 3.63) is 28.3 Å². The molecule has 20 heavy (non-hydrogen) atoms. The van der Waals surface area contributed by atoms with Crippen LogP contribution in [0.25, 0.3) is 0 Å². The van der Waals surface area contributed by atoms with E-state index in [0.29, 0.717) is 12.2 Å². The lowest BCUT2D eigenvalue weighted by atomic mass is 10.2. The van der Waals surface area contributed by atoms with Gasteiger partial charge in [-0.25, -0.2) is 8.42 Å². The third kappa shape index (κ3) is 4.46. The number of hydrogen-bond donors (Lipinski definition) is 1. The van der Waals surface area contributed by atoms with Gasteiger partial charge in [0.2, 0.25) is 0 Å². The first-order chi connectivity index (χ1) is 9.11. The summed E-state index contributed by atoms with van der Waals surface area (Å²) in [5.41, 5.74) is 0.0790. The van der Waals surface area contributed by atoms with E-state index in [9.17, 15) is 18.5 Å². The number of nitrogens with zero attached hydrogens (tertiary/aromatic N) is 2. The molecule has 1 unspecified atom stereocenters. The first kappa shape index (κ1) is 16.4. The number of nitrogens with one attached hydrogen (secondary N) is 1. The number of nitro groups is 1. The molecule has 0 saturated carbocycles. The van der Waals surface area contributed by atoms with Crippen molar-refractivity contribution in [2.24, 2.45) is 0 Å². The van der Waals surface area contributed by atoms with Gasteiger partial charge in [-0.3, -0.25) is 10.1 Å². The van der Waals surface area contributed by atoms with Gasteiger partial charge in [0, 0.05) is 24.9 Å². The van der Waals surface area contributed by atoms with Crippen LogP contribution in [0, 0.1) is 10.1 Å². The lowest BCUT2D eigenvalue weighted by molar-refractivity contribution is -0.384. The summed E-state index contributed by atoms with van der Waals surface area (Å²) in [6.45, 7) is 2.60. The molecule has 0 radical (unpaired) electrons. The molecule has 0 spiro atoms. The maximum Gasteiger partial charge on any atom is 0.293 e. The Morgan fingerprint density at radius 1 is 1.40 bits per heavy atom. The number of likely N-dealkylation sites (N-methyl/N-ethyl adjacent to an activating group) is 1. The maximum absolute atomic E-state index is 11.4. The third-order valence-electron chi connectivity index (χ3n) is 2.63. The van der Waals surface area contributed by atoms with Crippen molar-refractivity contribution in [1.29, 1.82) is 0 Å². The first-order valence-corrected chi connectivity index (χ1v) is 7.90. The van der Waals surface area contributed by atoms with Crippen LogP contribution in [0.1, 0.15) is 6.92 Å². The summed E-state index contributed by atoms with van der Waals surface area (Å²) in [5, 5.41) is 14.1. The molecule has 0 aliphatic rings. The molecule has 0 bridgehead atoms. The fourth-order valence-electron chi connectivity index (χ4n) is 1.87. The fraction of sp³-hybridized carbons (Fsp3) is 0.500. The van der Waals surface area contributed by atoms with Crippen LogP contribution in [0.5, 0.6) is 0 Å². The quantitative estimate of drug-likeness (QED) is 0.630. The SMILES string of the molecule is CC(CN(C)C)Nc1ccc(S(C)(=O)=O)cc1[N+](=O)[O-]. The molecule has 1 N–H and O–H groups in total. The van der Waals surface area contributed by atoms with Crippen molar-refractivity contribution in [3.63, 3.8) is 0 Å². The molecular weight excluding hydrogens is 282 g/mol. The van der Waals surface area contributed by atoms with Crippen LogP contribution < -0.4 is 5.32 Å². The van der Waals surface area contributed by atoms with Crippen LogP contribution in [0.4, 0.5) is 11.4 Å². The summed E-state index contributed by atoms with van der Waals surface area (Å²) in [4.78, 5) is 12.4. The van der Waals surface area contributed by atoms with Gasteiger partial charge in [-0.1, -0.05) is 0 Å². The first-order valence-electron chi connectivity index (χ1n) is 6.01. The highest BCUT2D eigenvalue weighted by Gasteiger charge is 2.19. The van der Waals surface area contributed by atoms with Crippen molar-refractivity contribution in [2.45, 2.75) is 17.9 Å². The summed E-state index contributed by atoms with van der Waals surface area (Å²) >= 11 is 0. The molecular formula is C12H19N3O4S. The fourth-order valence-corrected chi connectivity index (χ4v) is 2.51. The number of hydrogen-bond acceptors (Lipinski definition) is 6. The zero-order valence-corrected chi connectivity index (χ0v) is 12.8. The molecule has 0 aliphatic carbocycles. The summed E-state index contributed by atoms with van der Waals surface area (Å²) in [7, 11) is 0.341. The number of nitro benzene ring substituents is 1. The number of rotatable bonds is 6. The van der Waals surface area contributed by atoms with Crippen LogP contribution in [0.2, 0.25) is 0 Å². The second kappa shape index (κ2) is 6.19. The lowest BCUT2D eigenvalue weighted by Gasteiger charge is -2.19. The molecule has 1 aromatic rings. The summed E-state index contributed by atoms with van der Waals surface area (Å²) in [6.07, 6.45) is 1.02. The van der Waals surface area contributed by atoms with Crippen LogP contribution in [0.15, 0.2) is 23.1 Å². The molecule has 0 amide bonds. The van der Waals surface area contributed by atoms with Gasteiger partial charge in [0.15, 0.2) is 9.84 Å². The van der Waals surface area contributed by atoms with Gasteiger partial charge in [-0.15, -0.1) is 0 Å². The van der Waals surface area contributed by atoms with E-state index in [4.69, 9.17) is 0 Å². The predicted molar refractivity (Wildman–Crippen MR) is 77.8 cm³/mol. The molecule has 112 valence electrons. The average Bonchev–Trinajstić information content (AvgIpc) is 2.26. The smallest absolute Gasteiger partial charge is 0.293 e. The van der Waals surface area contributed by atoms with E-state index in [1.807, 2.05) is 25.9 Å². The van der Waals surface area contributed by atoms with E-state index in [2.05, 4.69) is 5.32 Å². The molecule has 1 aromatic carbocycles. The average molecular weight is 301 g/mol. The number of sulfone groups is 1. The predicted octanol–water partition coefficient (Wildman–Crippen LogP) is 1.36. The lowest BCUT2D eigenvalue weighted by Crippen LogP contribution is -2.29. The number of anilines is 1. The van der Waals surface area contributed by atoms with Crippen molar-refractivity contribution in [1.82, 2.24) is 4.90 Å². The molecule has 0 fully saturated rings. The Bertz CT molecular complexity index is 599. The van der Waals surface area contributed by atoms with E-state index >= 15 is 0 Å². The van der Waals surface area contributed by atoms with Gasteiger partial charge in [0.1, 0.15) is 5.69 Å². The highest BCUT2D eigenvalue weighted by Crippen LogP contribution is 2.28. The minimum absolute atomic E-state index is 0.00668. The van der Waals surface area contributed by atoms with Gasteiger partial charge >= 0.3 is 0 Å². The van der Waals surface area contributed by atoms with Gasteiger partial charge in [-0.05, 0) is 33.2 Å². The molecule has 1 atom stereocenters. The van der Waals surface area contributed by atoms with Crippen molar-refractivity contribution in [2.75, 3.05) is 32.2 Å². The summed E-state index contributed by atoms with van der Waals surface area (Å²) in [6, 6.07) is 3.88. The number of benzene rings is 1. The van der Waals surface area contributed by atoms with Crippen molar-refractivity contribution < 1.29 is 13.3 Å². The zero-order valence-electron chi connectivity index (χ0n) is 12.0. The molecule has 1 rings (SSSR count). The van der Waals surface area contributed by atoms with E-state index in [0.717, 1.165) is 12.3 Å². The Labute approximate surface area is 118 Å². The summed E-state index contributed by atoms with van der Waals surface area (Å²) in [5.74, 6) is 0. The second-order valence-corrected chi connectivity index (χ2v) is 7.03. The topological polar surface area (TPSA) is 92.6 Å². The van der Waals surface area contributed by atoms with Crippen LogP contribution in [0.3, 0.4) is 0 Å². The van der Waals surface area contributed by atoms with E-state index in [1.54, 1.807) is 0 Å². The molecule has 0 aromatic heterocycles. The Hall–Kier alpha value is -1.67. The van der Waals surface area contributed by atoms with Crippen molar-refractivity contribution >= 4 is 21.2 Å².